The summed E-state index contributed by atoms with van der Waals surface area (Å²) >= 11 is 0. The van der Waals surface area contributed by atoms with Crippen molar-refractivity contribution in [2.45, 2.75) is 31.7 Å². The van der Waals surface area contributed by atoms with Crippen LogP contribution in [0.3, 0.4) is 0 Å². The van der Waals surface area contributed by atoms with Gasteiger partial charge in [0.2, 0.25) is 0 Å². The number of allylic oxidation sites excluding steroid dienone is 2. The molecule has 1 radical (unpaired) electrons. The van der Waals surface area contributed by atoms with E-state index in [1.54, 1.807) is 6.04 Å². The van der Waals surface area contributed by atoms with Crippen LogP contribution in [-0.4, -0.2) is 6.04 Å². The monoisotopic (exact) mass is 174 g/mol. The minimum Gasteiger partial charge on any atom is -0.302 e. The lowest BCUT2D eigenvalue weighted by molar-refractivity contribution is 0.365. The summed E-state index contributed by atoms with van der Waals surface area (Å²) < 4.78 is 0. The minimum atomic E-state index is 0.614. The predicted molar refractivity (Wildman–Crippen MR) is 53.9 cm³/mol. The van der Waals surface area contributed by atoms with Crippen LogP contribution in [0.2, 0.25) is 0 Å². The summed E-state index contributed by atoms with van der Waals surface area (Å²) in [6.07, 6.45) is 14.6. The Bertz CT molecular complexity index is 254. The second kappa shape index (κ2) is 2.98. The van der Waals surface area contributed by atoms with E-state index in [1.165, 1.54) is 25.7 Å². The standard InChI is InChI=1S/C12H16N/c1-3-7-11-9(5-1)10-6-2-4-8-12(10)13-11/h1,3,5,7,9-11,13H,2,4,6,8H2. The Morgan fingerprint density at radius 2 is 2.08 bits per heavy atom. The molecule has 3 unspecified atom stereocenters. The minimum absolute atomic E-state index is 0.614. The Labute approximate surface area is 79.9 Å². The first-order chi connectivity index (χ1) is 6.45. The molecule has 1 saturated carbocycles. The average Bonchev–Trinajstić information content (AvgIpc) is 2.56. The third-order valence-electron chi connectivity index (χ3n) is 3.65. The largest absolute Gasteiger partial charge is 0.302 e. The van der Waals surface area contributed by atoms with Gasteiger partial charge in [0.1, 0.15) is 0 Å². The zero-order valence-electron chi connectivity index (χ0n) is 7.87. The van der Waals surface area contributed by atoms with Gasteiger partial charge in [0.05, 0.1) is 0 Å². The van der Waals surface area contributed by atoms with Crippen molar-refractivity contribution in [3.05, 3.63) is 30.3 Å². The highest BCUT2D eigenvalue weighted by atomic mass is 15.0. The lowest BCUT2D eigenvalue weighted by Crippen LogP contribution is -2.26. The molecule has 2 aliphatic carbocycles. The molecule has 1 saturated heterocycles. The SMILES string of the molecule is C1=CC2N[C]3CCCCC3C2C=C1. The van der Waals surface area contributed by atoms with Gasteiger partial charge in [-0.05, 0) is 18.8 Å². The van der Waals surface area contributed by atoms with Crippen molar-refractivity contribution in [3.8, 4) is 0 Å². The van der Waals surface area contributed by atoms with E-state index in [1.807, 2.05) is 0 Å². The summed E-state index contributed by atoms with van der Waals surface area (Å²) in [5, 5.41) is 3.67. The van der Waals surface area contributed by atoms with Gasteiger partial charge in [-0.25, -0.2) is 0 Å². The summed E-state index contributed by atoms with van der Waals surface area (Å²) in [5.74, 6) is 1.61. The van der Waals surface area contributed by atoms with Crippen LogP contribution in [0.1, 0.15) is 25.7 Å². The maximum Gasteiger partial charge on any atom is 0.0406 e. The molecular formula is C12H16N. The van der Waals surface area contributed by atoms with Gasteiger partial charge < -0.3 is 5.32 Å². The van der Waals surface area contributed by atoms with E-state index in [-0.39, 0.29) is 0 Å². The fourth-order valence-electron chi connectivity index (χ4n) is 3.01. The van der Waals surface area contributed by atoms with Crippen molar-refractivity contribution in [2.24, 2.45) is 11.8 Å². The third-order valence-corrected chi connectivity index (χ3v) is 3.65. The molecule has 1 N–H and O–H groups in total. The Balaban J connectivity index is 1.85. The van der Waals surface area contributed by atoms with Gasteiger partial charge in [0.15, 0.2) is 0 Å². The zero-order valence-corrected chi connectivity index (χ0v) is 7.87. The number of hydrogen-bond donors (Lipinski definition) is 1. The highest BCUT2D eigenvalue weighted by Crippen LogP contribution is 2.43. The van der Waals surface area contributed by atoms with Gasteiger partial charge in [-0.3, -0.25) is 0 Å². The molecule has 2 fully saturated rings. The van der Waals surface area contributed by atoms with Gasteiger partial charge in [0, 0.05) is 18.0 Å². The van der Waals surface area contributed by atoms with E-state index in [0.717, 1.165) is 11.8 Å². The summed E-state index contributed by atoms with van der Waals surface area (Å²) in [5.41, 5.74) is 0. The molecule has 0 aromatic carbocycles. The molecule has 13 heavy (non-hydrogen) atoms. The first-order valence-electron chi connectivity index (χ1n) is 5.42. The van der Waals surface area contributed by atoms with Crippen molar-refractivity contribution in [3.63, 3.8) is 0 Å². The molecule has 0 spiro atoms. The molecule has 1 nitrogen and oxygen atoms in total. The van der Waals surface area contributed by atoms with Crippen LogP contribution < -0.4 is 5.32 Å². The fourth-order valence-corrected chi connectivity index (χ4v) is 3.01. The third kappa shape index (κ3) is 1.18. The zero-order chi connectivity index (χ0) is 8.67. The number of nitrogens with one attached hydrogen (secondary N) is 1. The Kier molecular flexibility index (Phi) is 1.79. The molecule has 69 valence electrons. The maximum atomic E-state index is 3.67. The summed E-state index contributed by atoms with van der Waals surface area (Å²) in [4.78, 5) is 0. The molecule has 0 aromatic heterocycles. The number of hydrogen-bond acceptors (Lipinski definition) is 1. The average molecular weight is 174 g/mol. The molecule has 0 aromatic rings. The molecule has 0 amide bonds. The van der Waals surface area contributed by atoms with Crippen molar-refractivity contribution < 1.29 is 0 Å². The quantitative estimate of drug-likeness (QED) is 0.594. The van der Waals surface area contributed by atoms with Crippen molar-refractivity contribution in [1.29, 1.82) is 0 Å². The highest BCUT2D eigenvalue weighted by molar-refractivity contribution is 5.26. The van der Waals surface area contributed by atoms with E-state index < -0.39 is 0 Å². The lowest BCUT2D eigenvalue weighted by atomic mass is 9.77. The normalized spacial score (nSPS) is 43.2. The highest BCUT2D eigenvalue weighted by Gasteiger charge is 2.42. The van der Waals surface area contributed by atoms with Crippen LogP contribution in [-0.2, 0) is 0 Å². The molecule has 1 heteroatoms. The van der Waals surface area contributed by atoms with Crippen molar-refractivity contribution >= 4 is 0 Å². The van der Waals surface area contributed by atoms with Crippen LogP contribution in [0.4, 0.5) is 0 Å². The second-order valence-corrected chi connectivity index (χ2v) is 4.39. The smallest absolute Gasteiger partial charge is 0.0406 e. The van der Waals surface area contributed by atoms with Crippen LogP contribution in [0.25, 0.3) is 0 Å². The maximum absolute atomic E-state index is 3.67. The molecular weight excluding hydrogens is 158 g/mol. The molecule has 1 heterocycles. The molecule has 3 atom stereocenters. The van der Waals surface area contributed by atoms with Gasteiger partial charge in [-0.1, -0.05) is 37.1 Å². The van der Waals surface area contributed by atoms with Gasteiger partial charge >= 0.3 is 0 Å². The predicted octanol–water partition coefficient (Wildman–Crippen LogP) is 2.42. The van der Waals surface area contributed by atoms with Crippen LogP contribution in [0.5, 0.6) is 0 Å². The fraction of sp³-hybridized carbons (Fsp3) is 0.583. The topological polar surface area (TPSA) is 12.0 Å². The lowest BCUT2D eigenvalue weighted by Gasteiger charge is -2.26. The van der Waals surface area contributed by atoms with Crippen LogP contribution in [0, 0.1) is 17.9 Å². The molecule has 3 aliphatic rings. The molecule has 0 bridgehead atoms. The van der Waals surface area contributed by atoms with Crippen LogP contribution in [0.15, 0.2) is 24.3 Å². The van der Waals surface area contributed by atoms with Gasteiger partial charge in [0.25, 0.3) is 0 Å². The Morgan fingerprint density at radius 3 is 3.08 bits per heavy atom. The second-order valence-electron chi connectivity index (χ2n) is 4.39. The Hall–Kier alpha value is -0.560. The van der Waals surface area contributed by atoms with E-state index in [2.05, 4.69) is 29.6 Å². The first kappa shape index (κ1) is 7.81. The first-order valence-corrected chi connectivity index (χ1v) is 5.42. The molecule has 1 aliphatic heterocycles. The van der Waals surface area contributed by atoms with Crippen molar-refractivity contribution in [2.75, 3.05) is 0 Å². The number of fused-ring (bicyclic) bond motifs is 3. The van der Waals surface area contributed by atoms with Gasteiger partial charge in [-0.15, -0.1) is 0 Å². The Morgan fingerprint density at radius 1 is 1.15 bits per heavy atom. The van der Waals surface area contributed by atoms with Crippen LogP contribution >= 0.6 is 0 Å². The summed E-state index contributed by atoms with van der Waals surface area (Å²) in [7, 11) is 0. The summed E-state index contributed by atoms with van der Waals surface area (Å²) in [6, 6.07) is 2.25. The van der Waals surface area contributed by atoms with Gasteiger partial charge in [-0.2, -0.15) is 0 Å². The van der Waals surface area contributed by atoms with E-state index in [9.17, 15) is 0 Å². The summed E-state index contributed by atoms with van der Waals surface area (Å²) in [6.45, 7) is 0. The van der Waals surface area contributed by atoms with E-state index >= 15 is 0 Å². The van der Waals surface area contributed by atoms with E-state index in [4.69, 9.17) is 0 Å². The van der Waals surface area contributed by atoms with E-state index in [0.29, 0.717) is 6.04 Å². The van der Waals surface area contributed by atoms with Crippen molar-refractivity contribution in [1.82, 2.24) is 5.32 Å². The number of rotatable bonds is 0. The molecule has 3 rings (SSSR count).